The molecule has 0 bridgehead atoms. The summed E-state index contributed by atoms with van der Waals surface area (Å²) in [5.74, 6) is -0.0783. The van der Waals surface area contributed by atoms with Crippen LogP contribution in [0.25, 0.3) is 0 Å². The third-order valence-corrected chi connectivity index (χ3v) is 5.46. The van der Waals surface area contributed by atoms with Crippen molar-refractivity contribution in [2.45, 2.75) is 38.1 Å². The van der Waals surface area contributed by atoms with Crippen molar-refractivity contribution in [1.29, 1.82) is 0 Å². The molecule has 1 aliphatic heterocycles. The second-order valence-electron chi connectivity index (χ2n) is 7.72. The molecule has 2 unspecified atom stereocenters. The zero-order valence-electron chi connectivity index (χ0n) is 17.9. The van der Waals surface area contributed by atoms with Crippen LogP contribution in [0.5, 0.6) is 0 Å². The van der Waals surface area contributed by atoms with Gasteiger partial charge in [0.15, 0.2) is 0 Å². The number of nitrogens with zero attached hydrogens (tertiary/aromatic N) is 1. The highest BCUT2D eigenvalue weighted by Crippen LogP contribution is 2.31. The maximum absolute atomic E-state index is 13.2. The first-order chi connectivity index (χ1) is 15.2. The largest absolute Gasteiger partial charge is 0.416 e. The Bertz CT molecular complexity index is 965. The van der Waals surface area contributed by atoms with Crippen molar-refractivity contribution in [3.8, 4) is 0 Å². The molecule has 0 aliphatic carbocycles. The normalized spacial score (nSPS) is 16.0. The molecule has 2 aromatic carbocycles. The standard InChI is InChI=1S/C23H26F3N3O3/c1-15(32-2)16-6-4-9-19(13-16)27-22(31)28-20(14-29-11-5-10-21(29)30)17-7-3-8-18(12-17)23(24,25)26/h3-4,6-9,12-13,15,20H,5,10-11,14H2,1-2H3,(H2,27,28,31). The minimum atomic E-state index is -4.51. The number of rotatable bonds is 7. The fraction of sp³-hybridized carbons (Fsp3) is 0.391. The van der Waals surface area contributed by atoms with Gasteiger partial charge in [0.05, 0.1) is 17.7 Å². The Balaban J connectivity index is 1.79. The predicted octanol–water partition coefficient (Wildman–Crippen LogP) is 4.90. The molecule has 6 nitrogen and oxygen atoms in total. The number of benzene rings is 2. The number of halogens is 3. The van der Waals surface area contributed by atoms with Gasteiger partial charge in [0, 0.05) is 32.3 Å². The van der Waals surface area contributed by atoms with Gasteiger partial charge in [-0.2, -0.15) is 13.2 Å². The number of methoxy groups -OCH3 is 1. The molecule has 2 aromatic rings. The van der Waals surface area contributed by atoms with E-state index in [4.69, 9.17) is 4.74 Å². The number of urea groups is 1. The van der Waals surface area contributed by atoms with Gasteiger partial charge in [-0.25, -0.2) is 4.79 Å². The van der Waals surface area contributed by atoms with E-state index in [9.17, 15) is 22.8 Å². The molecule has 0 aromatic heterocycles. The van der Waals surface area contributed by atoms with E-state index in [-0.39, 0.29) is 24.1 Å². The molecule has 0 spiro atoms. The third-order valence-electron chi connectivity index (χ3n) is 5.46. The first kappa shape index (κ1) is 23.6. The maximum Gasteiger partial charge on any atom is 0.416 e. The topological polar surface area (TPSA) is 70.7 Å². The summed E-state index contributed by atoms with van der Waals surface area (Å²) >= 11 is 0. The Morgan fingerprint density at radius 1 is 1.16 bits per heavy atom. The summed E-state index contributed by atoms with van der Waals surface area (Å²) in [7, 11) is 1.58. The van der Waals surface area contributed by atoms with Crippen molar-refractivity contribution in [2.75, 3.05) is 25.5 Å². The summed E-state index contributed by atoms with van der Waals surface area (Å²) in [6.45, 7) is 2.47. The Morgan fingerprint density at radius 2 is 1.88 bits per heavy atom. The first-order valence-corrected chi connectivity index (χ1v) is 10.3. The number of hydrogen-bond acceptors (Lipinski definition) is 3. The van der Waals surface area contributed by atoms with E-state index in [1.54, 1.807) is 30.2 Å². The van der Waals surface area contributed by atoms with Gasteiger partial charge in [-0.1, -0.05) is 24.3 Å². The number of amides is 3. The first-order valence-electron chi connectivity index (χ1n) is 10.3. The van der Waals surface area contributed by atoms with E-state index >= 15 is 0 Å². The molecule has 3 rings (SSSR count). The lowest BCUT2D eigenvalue weighted by Gasteiger charge is -2.26. The monoisotopic (exact) mass is 449 g/mol. The van der Waals surface area contributed by atoms with E-state index in [0.29, 0.717) is 25.1 Å². The minimum absolute atomic E-state index is 0.0783. The molecule has 1 fully saturated rings. The molecular weight excluding hydrogens is 423 g/mol. The van der Waals surface area contributed by atoms with Crippen LogP contribution in [0.15, 0.2) is 48.5 Å². The van der Waals surface area contributed by atoms with Gasteiger partial charge in [-0.3, -0.25) is 4.79 Å². The highest BCUT2D eigenvalue weighted by Gasteiger charge is 2.32. The van der Waals surface area contributed by atoms with Gasteiger partial charge in [0.1, 0.15) is 0 Å². The number of carbonyl (C=O) groups is 2. The average Bonchev–Trinajstić information content (AvgIpc) is 3.16. The lowest BCUT2D eigenvalue weighted by Crippen LogP contribution is -2.40. The van der Waals surface area contributed by atoms with Gasteiger partial charge >= 0.3 is 12.2 Å². The highest BCUT2D eigenvalue weighted by molar-refractivity contribution is 5.89. The lowest BCUT2D eigenvalue weighted by atomic mass is 10.0. The second kappa shape index (κ2) is 10.0. The fourth-order valence-electron chi connectivity index (χ4n) is 3.61. The molecule has 1 aliphatic rings. The molecule has 0 saturated carbocycles. The SMILES string of the molecule is COC(C)c1cccc(NC(=O)NC(CN2CCCC2=O)c2cccc(C(F)(F)F)c2)c1. The summed E-state index contributed by atoms with van der Waals surface area (Å²) < 4.78 is 44.9. The Morgan fingerprint density at radius 3 is 2.53 bits per heavy atom. The van der Waals surface area contributed by atoms with Gasteiger partial charge in [0.2, 0.25) is 5.91 Å². The molecule has 1 saturated heterocycles. The van der Waals surface area contributed by atoms with Crippen molar-refractivity contribution in [3.05, 3.63) is 65.2 Å². The number of ether oxygens (including phenoxy) is 1. The van der Waals surface area contributed by atoms with Crippen molar-refractivity contribution in [1.82, 2.24) is 10.2 Å². The van der Waals surface area contributed by atoms with Crippen LogP contribution in [0.3, 0.4) is 0 Å². The van der Waals surface area contributed by atoms with Crippen LogP contribution in [-0.4, -0.2) is 37.0 Å². The van der Waals surface area contributed by atoms with Gasteiger partial charge in [-0.15, -0.1) is 0 Å². The third kappa shape index (κ3) is 6.00. The fourth-order valence-corrected chi connectivity index (χ4v) is 3.61. The summed E-state index contributed by atoms with van der Waals surface area (Å²) in [6.07, 6.45) is -3.60. The van der Waals surface area contributed by atoms with Gasteiger partial charge in [0.25, 0.3) is 0 Å². The van der Waals surface area contributed by atoms with Crippen molar-refractivity contribution >= 4 is 17.6 Å². The van der Waals surface area contributed by atoms with Crippen LogP contribution in [0.4, 0.5) is 23.7 Å². The van der Waals surface area contributed by atoms with E-state index in [0.717, 1.165) is 17.7 Å². The van der Waals surface area contributed by atoms with E-state index in [1.165, 1.54) is 12.1 Å². The van der Waals surface area contributed by atoms with Crippen molar-refractivity contribution < 1.29 is 27.5 Å². The molecule has 9 heteroatoms. The summed E-state index contributed by atoms with van der Waals surface area (Å²) in [5, 5.41) is 5.44. The minimum Gasteiger partial charge on any atom is -0.377 e. The van der Waals surface area contributed by atoms with Gasteiger partial charge in [-0.05, 0) is 48.7 Å². The van der Waals surface area contributed by atoms with Crippen LogP contribution in [0.2, 0.25) is 0 Å². The lowest BCUT2D eigenvalue weighted by molar-refractivity contribution is -0.137. The maximum atomic E-state index is 13.2. The molecule has 3 amide bonds. The quantitative estimate of drug-likeness (QED) is 0.632. The Kier molecular flexibility index (Phi) is 7.40. The highest BCUT2D eigenvalue weighted by atomic mass is 19.4. The van der Waals surface area contributed by atoms with Gasteiger partial charge < -0.3 is 20.3 Å². The smallest absolute Gasteiger partial charge is 0.377 e. The molecule has 0 radical (unpaired) electrons. The number of alkyl halides is 3. The van der Waals surface area contributed by atoms with Crippen molar-refractivity contribution in [2.24, 2.45) is 0 Å². The zero-order valence-corrected chi connectivity index (χ0v) is 17.9. The summed E-state index contributed by atoms with van der Waals surface area (Å²) in [4.78, 5) is 26.3. The van der Waals surface area contributed by atoms with Crippen LogP contribution in [-0.2, 0) is 15.7 Å². The molecule has 32 heavy (non-hydrogen) atoms. The van der Waals surface area contributed by atoms with Crippen LogP contribution in [0, 0.1) is 0 Å². The van der Waals surface area contributed by atoms with Crippen molar-refractivity contribution in [3.63, 3.8) is 0 Å². The van der Waals surface area contributed by atoms with E-state index in [1.807, 2.05) is 13.0 Å². The molecule has 2 N–H and O–H groups in total. The Labute approximate surface area is 184 Å². The van der Waals surface area contributed by atoms with Crippen LogP contribution < -0.4 is 10.6 Å². The zero-order chi connectivity index (χ0) is 23.3. The summed E-state index contributed by atoms with van der Waals surface area (Å²) in [6, 6.07) is 10.5. The number of likely N-dealkylation sites (tertiary alicyclic amines) is 1. The second-order valence-corrected chi connectivity index (χ2v) is 7.72. The van der Waals surface area contributed by atoms with Crippen LogP contribution in [0.1, 0.15) is 48.6 Å². The van der Waals surface area contributed by atoms with Crippen LogP contribution >= 0.6 is 0 Å². The number of carbonyl (C=O) groups excluding carboxylic acids is 2. The number of anilines is 1. The molecule has 1 heterocycles. The Hall–Kier alpha value is -3.07. The van der Waals surface area contributed by atoms with E-state index in [2.05, 4.69) is 10.6 Å². The predicted molar refractivity (Wildman–Crippen MR) is 114 cm³/mol. The number of hydrogen-bond donors (Lipinski definition) is 2. The average molecular weight is 449 g/mol. The summed E-state index contributed by atoms with van der Waals surface area (Å²) in [5.41, 5.74) is 0.846. The molecule has 172 valence electrons. The number of nitrogens with one attached hydrogen (secondary N) is 2. The molecular formula is C23H26F3N3O3. The molecule has 2 atom stereocenters. The van der Waals surface area contributed by atoms with E-state index < -0.39 is 23.8 Å².